The summed E-state index contributed by atoms with van der Waals surface area (Å²) in [5.41, 5.74) is 1.49. The highest BCUT2D eigenvalue weighted by Crippen LogP contribution is 2.48. The van der Waals surface area contributed by atoms with Crippen LogP contribution in [0.3, 0.4) is 0 Å². The topological polar surface area (TPSA) is 76.7 Å². The third-order valence-electron chi connectivity index (χ3n) is 3.96. The van der Waals surface area contributed by atoms with Crippen molar-refractivity contribution >= 4 is 17.5 Å². The largest absolute Gasteiger partial charge is 0.418 e. The summed E-state index contributed by atoms with van der Waals surface area (Å²) >= 11 is 6.08. The van der Waals surface area contributed by atoms with Gasteiger partial charge in [0.2, 0.25) is 11.8 Å². The molecular formula is C16H13ClFN5O. The van der Waals surface area contributed by atoms with Crippen LogP contribution in [0.15, 0.2) is 41.1 Å². The van der Waals surface area contributed by atoms with Gasteiger partial charge in [0, 0.05) is 17.4 Å². The fraction of sp³-hybridized carbons (Fsp3) is 0.250. The maximum atomic E-state index is 12.5. The van der Waals surface area contributed by atoms with Crippen molar-refractivity contribution in [3.8, 4) is 11.5 Å². The lowest BCUT2D eigenvalue weighted by molar-refractivity contribution is 0.385. The Morgan fingerprint density at radius 2 is 2.00 bits per heavy atom. The quantitative estimate of drug-likeness (QED) is 0.758. The molecule has 24 heavy (non-hydrogen) atoms. The third-order valence-corrected chi connectivity index (χ3v) is 4.19. The van der Waals surface area contributed by atoms with Gasteiger partial charge < -0.3 is 9.73 Å². The smallest absolute Gasteiger partial charge is 0.251 e. The fourth-order valence-corrected chi connectivity index (χ4v) is 2.73. The number of anilines is 1. The highest BCUT2D eigenvalue weighted by molar-refractivity contribution is 6.30. The van der Waals surface area contributed by atoms with Crippen LogP contribution in [0.5, 0.6) is 0 Å². The van der Waals surface area contributed by atoms with Gasteiger partial charge in [0.1, 0.15) is 0 Å². The molecule has 1 aliphatic carbocycles. The zero-order valence-electron chi connectivity index (χ0n) is 12.5. The summed E-state index contributed by atoms with van der Waals surface area (Å²) in [5, 5.41) is 11.4. The van der Waals surface area contributed by atoms with Crippen LogP contribution < -0.4 is 5.32 Å². The molecule has 0 unspecified atom stereocenters. The van der Waals surface area contributed by atoms with E-state index in [1.54, 1.807) is 12.4 Å². The second kappa shape index (κ2) is 5.83. The predicted molar refractivity (Wildman–Crippen MR) is 86.1 cm³/mol. The van der Waals surface area contributed by atoms with Crippen molar-refractivity contribution in [2.75, 3.05) is 5.32 Å². The first-order valence-electron chi connectivity index (χ1n) is 7.43. The molecule has 3 aromatic rings. The summed E-state index contributed by atoms with van der Waals surface area (Å²) in [4.78, 5) is 8.57. The number of hydrogen-bond acceptors (Lipinski definition) is 6. The molecular weight excluding hydrogens is 333 g/mol. The van der Waals surface area contributed by atoms with Crippen molar-refractivity contribution < 1.29 is 8.81 Å². The summed E-state index contributed by atoms with van der Waals surface area (Å²) in [6.07, 6.45) is 5.11. The number of alkyl halides is 1. The van der Waals surface area contributed by atoms with Crippen LogP contribution in [-0.4, -0.2) is 20.2 Å². The molecule has 2 aromatic heterocycles. The molecule has 0 saturated heterocycles. The molecule has 1 N–H and O–H groups in total. The molecule has 1 aliphatic rings. The monoisotopic (exact) mass is 345 g/mol. The van der Waals surface area contributed by atoms with Crippen LogP contribution in [0.4, 0.5) is 10.3 Å². The molecule has 6 nitrogen and oxygen atoms in total. The van der Waals surface area contributed by atoms with Gasteiger partial charge in [0.05, 0.1) is 11.1 Å². The van der Waals surface area contributed by atoms with Gasteiger partial charge in [-0.05, 0) is 30.5 Å². The van der Waals surface area contributed by atoms with E-state index in [2.05, 4.69) is 25.5 Å². The normalized spacial score (nSPS) is 15.2. The van der Waals surface area contributed by atoms with E-state index in [0.29, 0.717) is 16.5 Å². The second-order valence-corrected chi connectivity index (χ2v) is 6.08. The van der Waals surface area contributed by atoms with E-state index in [1.807, 2.05) is 24.3 Å². The van der Waals surface area contributed by atoms with Gasteiger partial charge in [0.15, 0.2) is 6.67 Å². The van der Waals surface area contributed by atoms with Crippen molar-refractivity contribution in [2.24, 2.45) is 0 Å². The Bertz CT molecular complexity index is 863. The van der Waals surface area contributed by atoms with Gasteiger partial charge in [-0.15, -0.1) is 10.2 Å². The molecule has 0 spiro atoms. The Labute approximate surface area is 142 Å². The summed E-state index contributed by atoms with van der Waals surface area (Å²) < 4.78 is 17.6. The van der Waals surface area contributed by atoms with Gasteiger partial charge in [-0.3, -0.25) is 0 Å². The van der Waals surface area contributed by atoms with E-state index in [-0.39, 0.29) is 17.3 Å². The van der Waals surface area contributed by atoms with Crippen LogP contribution in [0.2, 0.25) is 5.02 Å². The number of nitrogens with one attached hydrogen (secondary N) is 1. The number of aromatic nitrogens is 4. The minimum absolute atomic E-state index is 0.0647. The lowest BCUT2D eigenvalue weighted by Gasteiger charge is -2.18. The predicted octanol–water partition coefficient (Wildman–Crippen LogP) is 3.75. The Kier molecular flexibility index (Phi) is 3.65. The summed E-state index contributed by atoms with van der Waals surface area (Å²) in [7, 11) is 0. The molecule has 0 radical (unpaired) electrons. The maximum absolute atomic E-state index is 12.5. The zero-order valence-corrected chi connectivity index (χ0v) is 13.3. The average molecular weight is 346 g/mol. The van der Waals surface area contributed by atoms with Gasteiger partial charge in [-0.25, -0.2) is 14.4 Å². The molecule has 0 amide bonds. The fourth-order valence-electron chi connectivity index (χ4n) is 2.54. The Morgan fingerprint density at radius 3 is 2.62 bits per heavy atom. The van der Waals surface area contributed by atoms with Gasteiger partial charge in [0.25, 0.3) is 5.89 Å². The van der Waals surface area contributed by atoms with E-state index in [1.165, 1.54) is 0 Å². The number of rotatable bonds is 5. The van der Waals surface area contributed by atoms with E-state index < -0.39 is 6.67 Å². The standard InChI is InChI=1S/C16H13ClFN5O/c17-12-3-1-2-11(6-12)16(4-5-16)21-15-19-8-10(9-20-15)14-23-22-13(7-18)24-14/h1-3,6,8-9H,4-5,7H2,(H,19,20,21). The van der Waals surface area contributed by atoms with Crippen molar-refractivity contribution in [3.63, 3.8) is 0 Å². The van der Waals surface area contributed by atoms with E-state index in [9.17, 15) is 4.39 Å². The Balaban J connectivity index is 1.53. The molecule has 8 heteroatoms. The molecule has 2 heterocycles. The number of hydrogen-bond donors (Lipinski definition) is 1. The molecule has 4 rings (SSSR count). The van der Waals surface area contributed by atoms with Gasteiger partial charge in [-0.2, -0.15) is 0 Å². The molecule has 1 saturated carbocycles. The highest BCUT2D eigenvalue weighted by Gasteiger charge is 2.45. The second-order valence-electron chi connectivity index (χ2n) is 5.65. The third kappa shape index (κ3) is 2.82. The van der Waals surface area contributed by atoms with Crippen molar-refractivity contribution in [1.82, 2.24) is 20.2 Å². The average Bonchev–Trinajstić information content (AvgIpc) is 3.22. The van der Waals surface area contributed by atoms with Crippen molar-refractivity contribution in [1.29, 1.82) is 0 Å². The molecule has 0 atom stereocenters. The molecule has 1 aromatic carbocycles. The lowest BCUT2D eigenvalue weighted by atomic mass is 10.1. The van der Waals surface area contributed by atoms with E-state index in [0.717, 1.165) is 18.4 Å². The van der Waals surface area contributed by atoms with Crippen molar-refractivity contribution in [3.05, 3.63) is 53.1 Å². The van der Waals surface area contributed by atoms with Gasteiger partial charge >= 0.3 is 0 Å². The number of halogens is 2. The molecule has 0 bridgehead atoms. The van der Waals surface area contributed by atoms with Crippen LogP contribution in [0, 0.1) is 0 Å². The first-order chi connectivity index (χ1) is 11.7. The maximum Gasteiger partial charge on any atom is 0.251 e. The van der Waals surface area contributed by atoms with Crippen LogP contribution in [-0.2, 0) is 12.2 Å². The highest BCUT2D eigenvalue weighted by atomic mass is 35.5. The SMILES string of the molecule is FCc1nnc(-c2cnc(NC3(c4cccc(Cl)c4)CC3)nc2)o1. The van der Waals surface area contributed by atoms with Crippen LogP contribution >= 0.6 is 11.6 Å². The van der Waals surface area contributed by atoms with Crippen molar-refractivity contribution in [2.45, 2.75) is 25.1 Å². The summed E-state index contributed by atoms with van der Waals surface area (Å²) in [5.74, 6) is 0.636. The summed E-state index contributed by atoms with van der Waals surface area (Å²) in [6.45, 7) is -0.796. The first-order valence-corrected chi connectivity index (χ1v) is 7.81. The van der Waals surface area contributed by atoms with Gasteiger partial charge in [-0.1, -0.05) is 23.7 Å². The first kappa shape index (κ1) is 15.0. The molecule has 122 valence electrons. The Morgan fingerprint density at radius 1 is 1.21 bits per heavy atom. The minimum atomic E-state index is -0.796. The Hall–Kier alpha value is -2.54. The molecule has 0 aliphatic heterocycles. The minimum Gasteiger partial charge on any atom is -0.418 e. The van der Waals surface area contributed by atoms with Crippen LogP contribution in [0.25, 0.3) is 11.5 Å². The van der Waals surface area contributed by atoms with Crippen LogP contribution in [0.1, 0.15) is 24.3 Å². The summed E-state index contributed by atoms with van der Waals surface area (Å²) in [6, 6.07) is 7.77. The van der Waals surface area contributed by atoms with E-state index in [4.69, 9.17) is 16.0 Å². The zero-order chi connectivity index (χ0) is 16.6. The van der Waals surface area contributed by atoms with E-state index >= 15 is 0 Å². The number of nitrogens with zero attached hydrogens (tertiary/aromatic N) is 4. The molecule has 1 fully saturated rings. The lowest BCUT2D eigenvalue weighted by Crippen LogP contribution is -2.20. The number of benzene rings is 1.